The Labute approximate surface area is 147 Å². The number of carbonyl (C=O) groups is 2. The fraction of sp³-hybridized carbons (Fsp3) is 0.300. The van der Waals surface area contributed by atoms with Crippen LogP contribution in [0.1, 0.15) is 17.5 Å². The predicted molar refractivity (Wildman–Crippen MR) is 95.0 cm³/mol. The molecule has 0 radical (unpaired) electrons. The van der Waals surface area contributed by atoms with E-state index in [1.165, 1.54) is 0 Å². The van der Waals surface area contributed by atoms with Gasteiger partial charge >= 0.3 is 5.97 Å². The maximum atomic E-state index is 12.5. The number of hydrogen-bond donors (Lipinski definition) is 0. The lowest BCUT2D eigenvalue weighted by molar-refractivity contribution is -0.139. The van der Waals surface area contributed by atoms with Crippen LogP contribution in [-0.2, 0) is 9.59 Å². The third kappa shape index (κ3) is 3.65. The molecule has 0 spiro atoms. The Morgan fingerprint density at radius 2 is 1.96 bits per heavy atom. The summed E-state index contributed by atoms with van der Waals surface area (Å²) in [5.41, 5.74) is 2.65. The van der Waals surface area contributed by atoms with E-state index in [1.807, 2.05) is 50.2 Å². The molecule has 1 heterocycles. The lowest BCUT2D eigenvalue weighted by Crippen LogP contribution is -2.27. The summed E-state index contributed by atoms with van der Waals surface area (Å²) in [6.45, 7) is 4.15. The van der Waals surface area contributed by atoms with Crippen molar-refractivity contribution in [2.24, 2.45) is 5.92 Å². The molecule has 5 heteroatoms. The summed E-state index contributed by atoms with van der Waals surface area (Å²) in [4.78, 5) is 26.4. The van der Waals surface area contributed by atoms with Crippen molar-refractivity contribution < 1.29 is 19.1 Å². The van der Waals surface area contributed by atoms with Crippen molar-refractivity contribution in [2.45, 2.75) is 20.3 Å². The molecule has 0 unspecified atom stereocenters. The summed E-state index contributed by atoms with van der Waals surface area (Å²) in [6, 6.07) is 13.0. The highest BCUT2D eigenvalue weighted by Crippen LogP contribution is 2.29. The lowest BCUT2D eigenvalue weighted by atomic mass is 10.1. The van der Waals surface area contributed by atoms with Crippen molar-refractivity contribution in [1.29, 1.82) is 0 Å². The highest BCUT2D eigenvalue weighted by atomic mass is 16.5. The van der Waals surface area contributed by atoms with Crippen molar-refractivity contribution in [1.82, 2.24) is 0 Å². The second kappa shape index (κ2) is 6.97. The lowest BCUT2D eigenvalue weighted by Gasteiger charge is -2.17. The van der Waals surface area contributed by atoms with Crippen LogP contribution in [0.4, 0.5) is 5.69 Å². The van der Waals surface area contributed by atoms with Gasteiger partial charge in [-0.05, 0) is 43.2 Å². The van der Waals surface area contributed by atoms with Crippen molar-refractivity contribution in [3.05, 3.63) is 53.6 Å². The number of rotatable bonds is 4. The van der Waals surface area contributed by atoms with E-state index < -0.39 is 5.92 Å². The van der Waals surface area contributed by atoms with Gasteiger partial charge in [0, 0.05) is 24.7 Å². The molecule has 5 nitrogen and oxygen atoms in total. The van der Waals surface area contributed by atoms with Gasteiger partial charge in [-0.15, -0.1) is 0 Å². The minimum absolute atomic E-state index is 0.0869. The summed E-state index contributed by atoms with van der Waals surface area (Å²) in [5, 5.41) is 0. The number of nitrogens with zero attached hydrogens (tertiary/aromatic N) is 1. The van der Waals surface area contributed by atoms with Gasteiger partial charge in [-0.2, -0.15) is 0 Å². The Kier molecular flexibility index (Phi) is 4.74. The topological polar surface area (TPSA) is 55.8 Å². The Hall–Kier alpha value is -2.82. The van der Waals surface area contributed by atoms with E-state index >= 15 is 0 Å². The number of ether oxygens (including phenoxy) is 2. The zero-order valence-corrected chi connectivity index (χ0v) is 14.6. The Bertz CT molecular complexity index is 815. The van der Waals surface area contributed by atoms with Gasteiger partial charge in [-0.25, -0.2) is 0 Å². The van der Waals surface area contributed by atoms with Crippen LogP contribution < -0.4 is 14.4 Å². The van der Waals surface area contributed by atoms with Gasteiger partial charge < -0.3 is 14.4 Å². The summed E-state index contributed by atoms with van der Waals surface area (Å²) in [6.07, 6.45) is 0.154. The van der Waals surface area contributed by atoms with Crippen LogP contribution in [-0.4, -0.2) is 25.5 Å². The molecule has 0 aromatic heterocycles. The zero-order valence-electron chi connectivity index (χ0n) is 14.6. The van der Waals surface area contributed by atoms with Gasteiger partial charge in [0.2, 0.25) is 5.91 Å². The van der Waals surface area contributed by atoms with Crippen LogP contribution in [0, 0.1) is 19.8 Å². The van der Waals surface area contributed by atoms with E-state index in [2.05, 4.69) is 0 Å². The van der Waals surface area contributed by atoms with Crippen LogP contribution in [0.2, 0.25) is 0 Å². The molecule has 25 heavy (non-hydrogen) atoms. The predicted octanol–water partition coefficient (Wildman–Crippen LogP) is 3.27. The average molecular weight is 339 g/mol. The molecular weight excluding hydrogens is 318 g/mol. The first-order valence-electron chi connectivity index (χ1n) is 8.21. The normalized spacial score (nSPS) is 16.8. The van der Waals surface area contributed by atoms with Crippen molar-refractivity contribution in [3.63, 3.8) is 0 Å². The van der Waals surface area contributed by atoms with E-state index in [0.29, 0.717) is 18.0 Å². The first-order chi connectivity index (χ1) is 12.0. The zero-order chi connectivity index (χ0) is 18.0. The molecule has 2 aromatic rings. The third-order valence-electron chi connectivity index (χ3n) is 4.38. The van der Waals surface area contributed by atoms with Gasteiger partial charge in [-0.3, -0.25) is 9.59 Å². The number of aryl methyl sites for hydroxylation is 2. The van der Waals surface area contributed by atoms with E-state index in [1.54, 1.807) is 18.1 Å². The molecule has 2 aromatic carbocycles. The number of carbonyl (C=O) groups excluding carboxylic acids is 2. The quantitative estimate of drug-likeness (QED) is 0.634. The Morgan fingerprint density at radius 3 is 2.72 bits per heavy atom. The minimum atomic E-state index is -0.474. The standard InChI is InChI=1S/C20H21NO4/c1-13-7-8-14(2)18(9-13)25-20(23)15-10-19(22)21(12-15)16-5-4-6-17(11-16)24-3/h4-9,11,15H,10,12H2,1-3H3/t15-/m0/s1. The van der Waals surface area contributed by atoms with Crippen LogP contribution >= 0.6 is 0 Å². The fourth-order valence-electron chi connectivity index (χ4n) is 2.90. The largest absolute Gasteiger partial charge is 0.497 e. The van der Waals surface area contributed by atoms with Crippen molar-refractivity contribution in [2.75, 3.05) is 18.6 Å². The molecule has 1 amide bonds. The van der Waals surface area contributed by atoms with Crippen molar-refractivity contribution >= 4 is 17.6 Å². The summed E-state index contributed by atoms with van der Waals surface area (Å²) >= 11 is 0. The number of methoxy groups -OCH3 is 1. The van der Waals surface area contributed by atoms with Gasteiger partial charge in [-0.1, -0.05) is 18.2 Å². The number of esters is 1. The summed E-state index contributed by atoms with van der Waals surface area (Å²) in [5.74, 6) is 0.297. The maximum Gasteiger partial charge on any atom is 0.316 e. The minimum Gasteiger partial charge on any atom is -0.497 e. The molecule has 0 saturated carbocycles. The van der Waals surface area contributed by atoms with Gasteiger partial charge in [0.05, 0.1) is 13.0 Å². The molecular formula is C20H21NO4. The first-order valence-corrected chi connectivity index (χ1v) is 8.21. The molecule has 1 fully saturated rings. The molecule has 1 aliphatic heterocycles. The fourth-order valence-corrected chi connectivity index (χ4v) is 2.90. The van der Waals surface area contributed by atoms with Crippen LogP contribution in [0.25, 0.3) is 0 Å². The van der Waals surface area contributed by atoms with E-state index in [-0.39, 0.29) is 18.3 Å². The van der Waals surface area contributed by atoms with Gasteiger partial charge in [0.25, 0.3) is 0 Å². The maximum absolute atomic E-state index is 12.5. The molecule has 0 N–H and O–H groups in total. The molecule has 1 atom stereocenters. The van der Waals surface area contributed by atoms with Crippen LogP contribution in [0.5, 0.6) is 11.5 Å². The molecule has 0 bridgehead atoms. The molecule has 130 valence electrons. The molecule has 1 saturated heterocycles. The monoisotopic (exact) mass is 339 g/mol. The van der Waals surface area contributed by atoms with Crippen LogP contribution in [0.15, 0.2) is 42.5 Å². The van der Waals surface area contributed by atoms with E-state index in [0.717, 1.165) is 16.8 Å². The molecule has 0 aliphatic carbocycles. The van der Waals surface area contributed by atoms with E-state index in [4.69, 9.17) is 9.47 Å². The average Bonchev–Trinajstić information content (AvgIpc) is 3.00. The first kappa shape index (κ1) is 17.0. The second-order valence-electron chi connectivity index (χ2n) is 6.30. The Morgan fingerprint density at radius 1 is 1.16 bits per heavy atom. The second-order valence-corrected chi connectivity index (χ2v) is 6.30. The van der Waals surface area contributed by atoms with Gasteiger partial charge in [0.1, 0.15) is 11.5 Å². The molecule has 1 aliphatic rings. The number of anilines is 1. The number of hydrogen-bond acceptors (Lipinski definition) is 4. The SMILES string of the molecule is COc1cccc(N2C[C@@H](C(=O)Oc3cc(C)ccc3C)CC2=O)c1. The highest BCUT2D eigenvalue weighted by molar-refractivity contribution is 5.99. The van der Waals surface area contributed by atoms with Crippen molar-refractivity contribution in [3.8, 4) is 11.5 Å². The van der Waals surface area contributed by atoms with Gasteiger partial charge in [0.15, 0.2) is 0 Å². The number of benzene rings is 2. The van der Waals surface area contributed by atoms with E-state index in [9.17, 15) is 9.59 Å². The summed E-state index contributed by atoms with van der Waals surface area (Å²) in [7, 11) is 1.58. The highest BCUT2D eigenvalue weighted by Gasteiger charge is 2.36. The third-order valence-corrected chi connectivity index (χ3v) is 4.38. The van der Waals surface area contributed by atoms with Crippen LogP contribution in [0.3, 0.4) is 0 Å². The molecule has 3 rings (SSSR count). The smallest absolute Gasteiger partial charge is 0.316 e. The number of amides is 1. The summed E-state index contributed by atoms with van der Waals surface area (Å²) < 4.78 is 10.7. The Balaban J connectivity index is 1.73.